The van der Waals surface area contributed by atoms with Gasteiger partial charge in [-0.25, -0.2) is 4.39 Å². The maximum Gasteiger partial charge on any atom is 0.271 e. The van der Waals surface area contributed by atoms with E-state index in [9.17, 15) is 14.5 Å². The van der Waals surface area contributed by atoms with Crippen LogP contribution in [0, 0.1) is 15.9 Å². The highest BCUT2D eigenvalue weighted by Gasteiger charge is 2.09. The number of ether oxygens (including phenoxy) is 1. The highest BCUT2D eigenvalue weighted by molar-refractivity contribution is 6.30. The smallest absolute Gasteiger partial charge is 0.271 e. The quantitative estimate of drug-likeness (QED) is 0.425. The summed E-state index contributed by atoms with van der Waals surface area (Å²) in [4.78, 5) is 10.4. The molecule has 0 saturated heterocycles. The molecule has 3 aromatic rings. The van der Waals surface area contributed by atoms with E-state index in [0.717, 1.165) is 5.56 Å². The Balaban J connectivity index is 1.72. The van der Waals surface area contributed by atoms with Crippen LogP contribution in [0.1, 0.15) is 11.1 Å². The summed E-state index contributed by atoms with van der Waals surface area (Å²) < 4.78 is 19.1. The summed E-state index contributed by atoms with van der Waals surface area (Å²) in [6.07, 6.45) is 0. The highest BCUT2D eigenvalue weighted by Crippen LogP contribution is 2.26. The van der Waals surface area contributed by atoms with Crippen LogP contribution >= 0.6 is 11.6 Å². The van der Waals surface area contributed by atoms with E-state index in [4.69, 9.17) is 16.3 Å². The van der Waals surface area contributed by atoms with Crippen molar-refractivity contribution in [3.63, 3.8) is 0 Å². The number of rotatable bonds is 7. The van der Waals surface area contributed by atoms with Gasteiger partial charge in [-0.2, -0.15) is 0 Å². The molecule has 0 aliphatic rings. The van der Waals surface area contributed by atoms with Crippen LogP contribution in [0.25, 0.3) is 0 Å². The Kier molecular flexibility index (Phi) is 5.88. The van der Waals surface area contributed by atoms with E-state index in [-0.39, 0.29) is 18.1 Å². The molecule has 3 aromatic carbocycles. The molecule has 0 aliphatic carbocycles. The number of benzene rings is 3. The highest BCUT2D eigenvalue weighted by atomic mass is 35.5. The molecule has 0 spiro atoms. The van der Waals surface area contributed by atoms with Gasteiger partial charge >= 0.3 is 0 Å². The van der Waals surface area contributed by atoms with E-state index in [1.54, 1.807) is 42.5 Å². The average molecular weight is 387 g/mol. The second kappa shape index (κ2) is 8.51. The maximum absolute atomic E-state index is 13.3. The Morgan fingerprint density at radius 3 is 2.67 bits per heavy atom. The van der Waals surface area contributed by atoms with Crippen LogP contribution < -0.4 is 10.1 Å². The third-order valence-electron chi connectivity index (χ3n) is 3.85. The minimum Gasteiger partial charge on any atom is -0.489 e. The minimum atomic E-state index is -0.446. The van der Waals surface area contributed by atoms with E-state index < -0.39 is 4.92 Å². The number of nitro groups is 1. The zero-order valence-corrected chi connectivity index (χ0v) is 14.9. The van der Waals surface area contributed by atoms with Gasteiger partial charge in [-0.15, -0.1) is 0 Å². The van der Waals surface area contributed by atoms with Crippen molar-refractivity contribution in [3.05, 3.63) is 98.8 Å². The number of anilines is 1. The predicted octanol–water partition coefficient (Wildman–Crippen LogP) is 5.58. The summed E-state index contributed by atoms with van der Waals surface area (Å²) in [5.74, 6) is 0.279. The van der Waals surface area contributed by atoms with Crippen LogP contribution in [0.5, 0.6) is 5.75 Å². The van der Waals surface area contributed by atoms with E-state index >= 15 is 0 Å². The summed E-state index contributed by atoms with van der Waals surface area (Å²) in [5, 5.41) is 14.6. The number of nitrogens with one attached hydrogen (secondary N) is 1. The molecule has 0 atom stereocenters. The lowest BCUT2D eigenvalue weighted by molar-refractivity contribution is -0.384. The van der Waals surface area contributed by atoms with E-state index in [0.29, 0.717) is 28.6 Å². The molecule has 3 rings (SSSR count). The first kappa shape index (κ1) is 18.7. The fraction of sp³-hybridized carbons (Fsp3) is 0.100. The number of hydrogen-bond donors (Lipinski definition) is 1. The molecule has 0 aromatic heterocycles. The largest absolute Gasteiger partial charge is 0.489 e. The molecule has 0 unspecified atom stereocenters. The van der Waals surface area contributed by atoms with Gasteiger partial charge in [0.2, 0.25) is 0 Å². The summed E-state index contributed by atoms with van der Waals surface area (Å²) >= 11 is 6.08. The van der Waals surface area contributed by atoms with Crippen LogP contribution in [0.4, 0.5) is 15.8 Å². The van der Waals surface area contributed by atoms with Crippen LogP contribution in [0.2, 0.25) is 5.02 Å². The number of non-ortho nitro benzene ring substituents is 1. The first-order valence-electron chi connectivity index (χ1n) is 8.15. The number of hydrogen-bond acceptors (Lipinski definition) is 4. The topological polar surface area (TPSA) is 64.4 Å². The molecule has 138 valence electrons. The zero-order valence-electron chi connectivity index (χ0n) is 14.2. The van der Waals surface area contributed by atoms with E-state index in [2.05, 4.69) is 5.32 Å². The molecule has 0 aliphatic heterocycles. The van der Waals surface area contributed by atoms with Crippen LogP contribution in [-0.4, -0.2) is 4.92 Å². The Morgan fingerprint density at radius 2 is 1.89 bits per heavy atom. The molecular formula is C20H16ClFN2O3. The van der Waals surface area contributed by atoms with Crippen molar-refractivity contribution in [1.29, 1.82) is 0 Å². The lowest BCUT2D eigenvalue weighted by Crippen LogP contribution is -2.04. The molecule has 0 radical (unpaired) electrons. The average Bonchev–Trinajstić information content (AvgIpc) is 2.66. The number of nitro benzene ring substituents is 1. The van der Waals surface area contributed by atoms with Gasteiger partial charge < -0.3 is 10.1 Å². The SMILES string of the molecule is O=[N+]([O-])c1cccc(NCc2cc(Cl)ccc2OCc2cccc(F)c2)c1. The molecule has 0 amide bonds. The minimum absolute atomic E-state index is 0.00803. The van der Waals surface area contributed by atoms with Gasteiger partial charge in [0.05, 0.1) is 4.92 Å². The van der Waals surface area contributed by atoms with Gasteiger partial charge in [0.15, 0.2) is 0 Å². The van der Waals surface area contributed by atoms with Crippen molar-refractivity contribution in [1.82, 2.24) is 0 Å². The normalized spacial score (nSPS) is 10.4. The summed E-state index contributed by atoms with van der Waals surface area (Å²) in [5.41, 5.74) is 2.11. The molecule has 0 heterocycles. The van der Waals surface area contributed by atoms with Gasteiger partial charge in [0, 0.05) is 35.0 Å². The molecule has 5 nitrogen and oxygen atoms in total. The lowest BCUT2D eigenvalue weighted by Gasteiger charge is -2.13. The third-order valence-corrected chi connectivity index (χ3v) is 4.08. The maximum atomic E-state index is 13.3. The van der Waals surface area contributed by atoms with E-state index in [1.807, 2.05) is 0 Å². The Hall–Kier alpha value is -3.12. The van der Waals surface area contributed by atoms with Crippen molar-refractivity contribution in [3.8, 4) is 5.75 Å². The lowest BCUT2D eigenvalue weighted by atomic mass is 10.2. The first-order valence-corrected chi connectivity index (χ1v) is 8.53. The molecule has 27 heavy (non-hydrogen) atoms. The summed E-state index contributed by atoms with van der Waals surface area (Å²) in [7, 11) is 0. The molecule has 0 saturated carbocycles. The molecule has 0 fully saturated rings. The number of nitrogens with zero attached hydrogens (tertiary/aromatic N) is 1. The van der Waals surface area contributed by atoms with Gasteiger partial charge in [0.1, 0.15) is 18.2 Å². The van der Waals surface area contributed by atoms with Crippen molar-refractivity contribution < 1.29 is 14.1 Å². The van der Waals surface area contributed by atoms with Crippen LogP contribution in [-0.2, 0) is 13.2 Å². The fourth-order valence-corrected chi connectivity index (χ4v) is 2.74. The Bertz CT molecular complexity index is 965. The van der Waals surface area contributed by atoms with Gasteiger partial charge in [-0.05, 0) is 42.0 Å². The second-order valence-electron chi connectivity index (χ2n) is 5.83. The van der Waals surface area contributed by atoms with E-state index in [1.165, 1.54) is 24.3 Å². The number of halogens is 2. The first-order chi connectivity index (χ1) is 13.0. The fourth-order valence-electron chi connectivity index (χ4n) is 2.54. The Labute approximate surface area is 160 Å². The van der Waals surface area contributed by atoms with Crippen molar-refractivity contribution >= 4 is 23.0 Å². The summed E-state index contributed by atoms with van der Waals surface area (Å²) in [6, 6.07) is 17.6. The third kappa shape index (κ3) is 5.18. The predicted molar refractivity (Wildman–Crippen MR) is 103 cm³/mol. The molecule has 7 heteroatoms. The van der Waals surface area contributed by atoms with Gasteiger partial charge in [0.25, 0.3) is 5.69 Å². The van der Waals surface area contributed by atoms with Crippen LogP contribution in [0.15, 0.2) is 66.7 Å². The standard InChI is InChI=1S/C20H16ClFN2O3/c21-16-7-8-20(27-13-14-3-1-4-17(22)9-14)15(10-16)12-23-18-5-2-6-19(11-18)24(25)26/h1-11,23H,12-13H2. The van der Waals surface area contributed by atoms with Crippen molar-refractivity contribution in [2.45, 2.75) is 13.2 Å². The molecular weight excluding hydrogens is 371 g/mol. The second-order valence-corrected chi connectivity index (χ2v) is 6.27. The molecule has 0 bridgehead atoms. The zero-order chi connectivity index (χ0) is 19.2. The molecule has 1 N–H and O–H groups in total. The Morgan fingerprint density at radius 1 is 1.07 bits per heavy atom. The van der Waals surface area contributed by atoms with Crippen molar-refractivity contribution in [2.24, 2.45) is 0 Å². The summed E-state index contributed by atoms with van der Waals surface area (Å²) in [6.45, 7) is 0.573. The van der Waals surface area contributed by atoms with Gasteiger partial charge in [-0.1, -0.05) is 29.8 Å². The van der Waals surface area contributed by atoms with Crippen molar-refractivity contribution in [2.75, 3.05) is 5.32 Å². The van der Waals surface area contributed by atoms with Gasteiger partial charge in [-0.3, -0.25) is 10.1 Å². The monoisotopic (exact) mass is 386 g/mol. The van der Waals surface area contributed by atoms with Crippen LogP contribution in [0.3, 0.4) is 0 Å².